The number of likely N-dealkylation sites (tertiary alicyclic amines) is 1. The lowest BCUT2D eigenvalue weighted by atomic mass is 10.1. The number of nitrogens with one attached hydrogen (secondary N) is 2. The lowest BCUT2D eigenvalue weighted by molar-refractivity contribution is 0.0921. The fourth-order valence-electron chi connectivity index (χ4n) is 4.38. The van der Waals surface area contributed by atoms with Crippen molar-refractivity contribution in [2.75, 3.05) is 19.6 Å². The van der Waals surface area contributed by atoms with Crippen molar-refractivity contribution < 1.29 is 13.6 Å². The van der Waals surface area contributed by atoms with Crippen LogP contribution in [0.25, 0.3) is 16.8 Å². The van der Waals surface area contributed by atoms with Crippen LogP contribution in [0.5, 0.6) is 0 Å². The molecule has 1 fully saturated rings. The minimum atomic E-state index is -0.858. The predicted octanol–water partition coefficient (Wildman–Crippen LogP) is 3.65. The number of H-pyrrole nitrogens is 1. The molecule has 0 spiro atoms. The standard InChI is InChI=1S/C26H25F2N5O2/c1-16-7-8-18(11-20(16)28)23-15-33-24(26(35)30-23)12-21(31-33)25(34)29-22(17-5-3-2-4-6-17)14-32-10-9-19(27)13-32/h2-8,11-12,15,19,22H,9-10,13-14H2,1H3,(H,29,34)(H,30,35)/t19-,22+/m0/s1. The monoisotopic (exact) mass is 477 g/mol. The number of amides is 1. The number of alkyl halides is 1. The van der Waals surface area contributed by atoms with Gasteiger partial charge in [-0.15, -0.1) is 0 Å². The Morgan fingerprint density at radius 2 is 2.03 bits per heavy atom. The Labute approximate surface area is 200 Å². The molecule has 2 aromatic carbocycles. The summed E-state index contributed by atoms with van der Waals surface area (Å²) in [7, 11) is 0. The van der Waals surface area contributed by atoms with E-state index in [4.69, 9.17) is 0 Å². The minimum Gasteiger partial charge on any atom is -0.343 e. The summed E-state index contributed by atoms with van der Waals surface area (Å²) in [6.45, 7) is 3.09. The van der Waals surface area contributed by atoms with Crippen LogP contribution in [0.4, 0.5) is 8.78 Å². The van der Waals surface area contributed by atoms with Crippen molar-refractivity contribution in [3.05, 3.63) is 93.8 Å². The number of halogens is 2. The summed E-state index contributed by atoms with van der Waals surface area (Å²) in [6, 6.07) is 15.2. The molecular formula is C26H25F2N5O2. The molecule has 180 valence electrons. The molecule has 1 aliphatic rings. The molecule has 2 N–H and O–H groups in total. The fourth-order valence-corrected chi connectivity index (χ4v) is 4.38. The summed E-state index contributed by atoms with van der Waals surface area (Å²) >= 11 is 0. The summed E-state index contributed by atoms with van der Waals surface area (Å²) < 4.78 is 29.1. The molecule has 1 aliphatic heterocycles. The molecule has 1 amide bonds. The van der Waals surface area contributed by atoms with Crippen molar-refractivity contribution in [1.29, 1.82) is 0 Å². The number of carbonyl (C=O) groups is 1. The lowest BCUT2D eigenvalue weighted by Crippen LogP contribution is -2.37. The van der Waals surface area contributed by atoms with E-state index in [-0.39, 0.29) is 23.1 Å². The van der Waals surface area contributed by atoms with Crippen LogP contribution in [0.2, 0.25) is 0 Å². The van der Waals surface area contributed by atoms with Gasteiger partial charge in [0.25, 0.3) is 11.5 Å². The second-order valence-corrected chi connectivity index (χ2v) is 8.90. The predicted molar refractivity (Wildman–Crippen MR) is 129 cm³/mol. The molecule has 3 heterocycles. The Kier molecular flexibility index (Phi) is 6.17. The van der Waals surface area contributed by atoms with Crippen LogP contribution in [0.1, 0.15) is 34.1 Å². The maximum atomic E-state index is 14.0. The molecule has 5 rings (SSSR count). The van der Waals surface area contributed by atoms with E-state index in [9.17, 15) is 18.4 Å². The van der Waals surface area contributed by atoms with E-state index < -0.39 is 17.6 Å². The van der Waals surface area contributed by atoms with Gasteiger partial charge in [-0.3, -0.25) is 14.5 Å². The summed E-state index contributed by atoms with van der Waals surface area (Å²) in [6.07, 6.45) is 1.18. The van der Waals surface area contributed by atoms with Crippen molar-refractivity contribution >= 4 is 11.4 Å². The second kappa shape index (κ2) is 9.42. The van der Waals surface area contributed by atoms with Crippen molar-refractivity contribution in [1.82, 2.24) is 24.8 Å². The fraction of sp³-hybridized carbons (Fsp3) is 0.269. The summed E-state index contributed by atoms with van der Waals surface area (Å²) in [5.41, 5.74) is 2.10. The molecule has 9 heteroatoms. The van der Waals surface area contributed by atoms with E-state index in [1.54, 1.807) is 25.3 Å². The first-order valence-electron chi connectivity index (χ1n) is 11.5. The molecule has 0 bridgehead atoms. The molecule has 7 nitrogen and oxygen atoms in total. The van der Waals surface area contributed by atoms with Crippen LogP contribution in [0.3, 0.4) is 0 Å². The number of hydrogen-bond donors (Lipinski definition) is 2. The number of rotatable bonds is 6. The van der Waals surface area contributed by atoms with E-state index in [1.807, 2.05) is 35.2 Å². The molecule has 4 aromatic rings. The first kappa shape index (κ1) is 22.9. The van der Waals surface area contributed by atoms with Crippen LogP contribution >= 0.6 is 0 Å². The summed E-state index contributed by atoms with van der Waals surface area (Å²) in [5.74, 6) is -0.825. The van der Waals surface area contributed by atoms with Gasteiger partial charge in [0.2, 0.25) is 0 Å². The Hall–Kier alpha value is -3.85. The van der Waals surface area contributed by atoms with Gasteiger partial charge in [0.15, 0.2) is 5.69 Å². The average molecular weight is 478 g/mol. The van der Waals surface area contributed by atoms with Crippen molar-refractivity contribution in [2.45, 2.75) is 25.6 Å². The van der Waals surface area contributed by atoms with Crippen LogP contribution < -0.4 is 10.9 Å². The third-order valence-electron chi connectivity index (χ3n) is 6.35. The quantitative estimate of drug-likeness (QED) is 0.444. The minimum absolute atomic E-state index is 0.0773. The first-order chi connectivity index (χ1) is 16.9. The Morgan fingerprint density at radius 3 is 2.74 bits per heavy atom. The van der Waals surface area contributed by atoms with Gasteiger partial charge in [0.05, 0.1) is 17.9 Å². The van der Waals surface area contributed by atoms with Crippen LogP contribution in [-0.2, 0) is 0 Å². The molecule has 0 radical (unpaired) electrons. The van der Waals surface area contributed by atoms with E-state index in [0.29, 0.717) is 42.9 Å². The molecular weight excluding hydrogens is 452 g/mol. The normalized spacial score (nSPS) is 17.1. The highest BCUT2D eigenvalue weighted by molar-refractivity contribution is 5.93. The van der Waals surface area contributed by atoms with Gasteiger partial charge in [0, 0.05) is 31.3 Å². The number of hydrogen-bond acceptors (Lipinski definition) is 4. The smallest absolute Gasteiger partial charge is 0.274 e. The number of carbonyl (C=O) groups excluding carboxylic acids is 1. The highest BCUT2D eigenvalue weighted by atomic mass is 19.1. The highest BCUT2D eigenvalue weighted by Crippen LogP contribution is 2.21. The topological polar surface area (TPSA) is 82.5 Å². The van der Waals surface area contributed by atoms with Gasteiger partial charge >= 0.3 is 0 Å². The van der Waals surface area contributed by atoms with Crippen molar-refractivity contribution in [2.24, 2.45) is 0 Å². The van der Waals surface area contributed by atoms with Gasteiger partial charge < -0.3 is 10.3 Å². The molecule has 2 aromatic heterocycles. The SMILES string of the molecule is Cc1ccc(-c2cn3nc(C(=O)N[C@H](CN4CC[C@H](F)C4)c4ccccc4)cc3c(=O)[nH]2)cc1F. The average Bonchev–Trinajstić information content (AvgIpc) is 3.47. The number of nitrogens with zero attached hydrogens (tertiary/aromatic N) is 3. The number of fused-ring (bicyclic) bond motifs is 1. The van der Waals surface area contributed by atoms with Gasteiger partial charge in [-0.1, -0.05) is 42.5 Å². The molecule has 2 atom stereocenters. The molecule has 0 aliphatic carbocycles. The van der Waals surface area contributed by atoms with Crippen molar-refractivity contribution in [3.63, 3.8) is 0 Å². The maximum absolute atomic E-state index is 14.0. The van der Waals surface area contributed by atoms with E-state index in [0.717, 1.165) is 5.56 Å². The number of aromatic nitrogens is 3. The lowest BCUT2D eigenvalue weighted by Gasteiger charge is -2.24. The summed E-state index contributed by atoms with van der Waals surface area (Å²) in [4.78, 5) is 30.5. The number of aryl methyl sites for hydroxylation is 1. The van der Waals surface area contributed by atoms with Gasteiger partial charge in [-0.25, -0.2) is 13.3 Å². The second-order valence-electron chi connectivity index (χ2n) is 8.90. The zero-order valence-corrected chi connectivity index (χ0v) is 19.2. The Morgan fingerprint density at radius 1 is 1.23 bits per heavy atom. The Balaban J connectivity index is 1.42. The van der Waals surface area contributed by atoms with Gasteiger partial charge in [0.1, 0.15) is 17.5 Å². The number of benzene rings is 2. The van der Waals surface area contributed by atoms with Gasteiger partial charge in [-0.05, 0) is 30.5 Å². The van der Waals surface area contributed by atoms with Gasteiger partial charge in [-0.2, -0.15) is 5.10 Å². The maximum Gasteiger partial charge on any atom is 0.274 e. The van der Waals surface area contributed by atoms with Crippen molar-refractivity contribution in [3.8, 4) is 11.3 Å². The molecule has 0 saturated carbocycles. The summed E-state index contributed by atoms with van der Waals surface area (Å²) in [5, 5.41) is 7.30. The highest BCUT2D eigenvalue weighted by Gasteiger charge is 2.26. The molecule has 1 saturated heterocycles. The third kappa shape index (κ3) is 4.85. The largest absolute Gasteiger partial charge is 0.343 e. The molecule has 0 unspecified atom stereocenters. The van der Waals surface area contributed by atoms with Crippen LogP contribution in [-0.4, -0.2) is 51.2 Å². The van der Waals surface area contributed by atoms with Crippen LogP contribution in [0, 0.1) is 12.7 Å². The van der Waals surface area contributed by atoms with E-state index in [2.05, 4.69) is 15.4 Å². The van der Waals surface area contributed by atoms with E-state index in [1.165, 1.54) is 16.6 Å². The molecule has 35 heavy (non-hydrogen) atoms. The zero-order valence-electron chi connectivity index (χ0n) is 19.2. The third-order valence-corrected chi connectivity index (χ3v) is 6.35. The zero-order chi connectivity index (χ0) is 24.5. The van der Waals surface area contributed by atoms with E-state index >= 15 is 0 Å². The van der Waals surface area contributed by atoms with Crippen LogP contribution in [0.15, 0.2) is 65.6 Å². The first-order valence-corrected chi connectivity index (χ1v) is 11.5. The Bertz CT molecular complexity index is 1430. The number of aromatic amines is 1.